The van der Waals surface area contributed by atoms with E-state index in [1.165, 1.54) is 103 Å². The van der Waals surface area contributed by atoms with Crippen LogP contribution in [0.15, 0.2) is 72.9 Å². The van der Waals surface area contributed by atoms with Gasteiger partial charge in [0.25, 0.3) is 0 Å². The average molecular weight is 873 g/mol. The topological polar surface area (TPSA) is 135 Å². The van der Waals surface area contributed by atoms with Gasteiger partial charge >= 0.3 is 5.97 Å². The van der Waals surface area contributed by atoms with Gasteiger partial charge < -0.3 is 39.4 Å². The van der Waals surface area contributed by atoms with Crippen molar-refractivity contribution in [3.63, 3.8) is 0 Å². The van der Waals surface area contributed by atoms with Gasteiger partial charge in [0, 0.05) is 13.0 Å². The molecule has 1 fully saturated rings. The second kappa shape index (κ2) is 43.9. The zero-order valence-electron chi connectivity index (χ0n) is 39.3. The molecule has 9 nitrogen and oxygen atoms in total. The van der Waals surface area contributed by atoms with E-state index in [-0.39, 0.29) is 19.2 Å². The van der Waals surface area contributed by atoms with Crippen LogP contribution < -0.4 is 0 Å². The number of carbonyl (C=O) groups is 1. The Hall–Kier alpha value is -2.37. The van der Waals surface area contributed by atoms with Crippen molar-refractivity contribution < 1.29 is 44.2 Å². The second-order valence-electron chi connectivity index (χ2n) is 16.9. The van der Waals surface area contributed by atoms with E-state index in [0.29, 0.717) is 13.0 Å². The number of ether oxygens (including phenoxy) is 4. The molecule has 6 unspecified atom stereocenters. The molecule has 358 valence electrons. The van der Waals surface area contributed by atoms with E-state index < -0.39 is 43.4 Å². The van der Waals surface area contributed by atoms with Crippen LogP contribution in [-0.2, 0) is 23.7 Å². The van der Waals surface area contributed by atoms with E-state index in [0.717, 1.165) is 70.6 Å². The summed E-state index contributed by atoms with van der Waals surface area (Å²) in [5, 5.41) is 40.2. The van der Waals surface area contributed by atoms with Gasteiger partial charge in [-0.1, -0.05) is 177 Å². The van der Waals surface area contributed by atoms with E-state index in [9.17, 15) is 25.2 Å². The highest BCUT2D eigenvalue weighted by Crippen LogP contribution is 2.22. The number of esters is 1. The molecule has 0 aromatic rings. The van der Waals surface area contributed by atoms with Crippen LogP contribution >= 0.6 is 0 Å². The highest BCUT2D eigenvalue weighted by atomic mass is 16.7. The number of rotatable bonds is 42. The van der Waals surface area contributed by atoms with E-state index in [4.69, 9.17) is 18.9 Å². The number of aliphatic hydroxyl groups is 4. The highest BCUT2D eigenvalue weighted by Gasteiger charge is 2.44. The molecule has 0 bridgehead atoms. The summed E-state index contributed by atoms with van der Waals surface area (Å²) in [6.07, 6.45) is 50.8. The molecular weight excluding hydrogens is 781 g/mol. The van der Waals surface area contributed by atoms with Crippen molar-refractivity contribution in [3.05, 3.63) is 72.9 Å². The van der Waals surface area contributed by atoms with Gasteiger partial charge in [0.05, 0.1) is 19.8 Å². The number of hydrogen-bond donors (Lipinski definition) is 4. The Morgan fingerprint density at radius 2 is 0.984 bits per heavy atom. The number of unbranched alkanes of at least 4 members (excludes halogenated alkanes) is 19. The second-order valence-corrected chi connectivity index (χ2v) is 16.9. The summed E-state index contributed by atoms with van der Waals surface area (Å²) < 4.78 is 22.8. The quantitative estimate of drug-likeness (QED) is 0.0269. The van der Waals surface area contributed by atoms with Crippen LogP contribution in [0.4, 0.5) is 0 Å². The van der Waals surface area contributed by atoms with E-state index in [1.807, 2.05) is 0 Å². The Bertz CT molecular complexity index is 1180. The predicted octanol–water partition coefficient (Wildman–Crippen LogP) is 12.0. The van der Waals surface area contributed by atoms with Crippen molar-refractivity contribution in [2.45, 2.75) is 230 Å². The van der Waals surface area contributed by atoms with Gasteiger partial charge in [0.2, 0.25) is 0 Å². The van der Waals surface area contributed by atoms with Gasteiger partial charge in [-0.3, -0.25) is 4.79 Å². The van der Waals surface area contributed by atoms with E-state index in [1.54, 1.807) is 0 Å². The third-order valence-electron chi connectivity index (χ3n) is 11.1. The van der Waals surface area contributed by atoms with Crippen LogP contribution in [0.25, 0.3) is 0 Å². The molecule has 0 amide bonds. The molecule has 1 saturated heterocycles. The monoisotopic (exact) mass is 873 g/mol. The molecule has 6 atom stereocenters. The minimum atomic E-state index is -1.55. The van der Waals surface area contributed by atoms with Gasteiger partial charge in [-0.25, -0.2) is 0 Å². The standard InChI is InChI=1S/C53H92O9/c1-3-5-7-9-11-13-15-17-19-21-23-24-25-26-28-30-32-34-36-38-40-42-49(55)61-47(46-60-53-52(58)51(57)50(56)48(44-54)62-53)45-59-43-41-39-37-35-33-31-29-27-22-20-18-16-14-12-10-8-6-4-2/h6,8,12,14,18,20-21,23,27,29,33,35,47-48,50-54,56-58H,3-5,7,9-11,13,15-17,19,22,24-26,28,30-32,34,36-46H2,1-2H3/b8-6-,14-12-,20-18-,23-21-,29-27-,35-33-. The van der Waals surface area contributed by atoms with E-state index >= 15 is 0 Å². The van der Waals surface area contributed by atoms with Crippen LogP contribution in [0.3, 0.4) is 0 Å². The zero-order valence-corrected chi connectivity index (χ0v) is 39.3. The molecule has 1 aliphatic heterocycles. The Morgan fingerprint density at radius 3 is 1.50 bits per heavy atom. The molecule has 0 aromatic heterocycles. The van der Waals surface area contributed by atoms with Crippen LogP contribution in [0.5, 0.6) is 0 Å². The fourth-order valence-electron chi connectivity index (χ4n) is 7.22. The first-order valence-electron chi connectivity index (χ1n) is 25.0. The Balaban J connectivity index is 2.25. The van der Waals surface area contributed by atoms with Crippen molar-refractivity contribution in [2.24, 2.45) is 0 Å². The van der Waals surface area contributed by atoms with Crippen LogP contribution in [-0.4, -0.2) is 89.6 Å². The molecule has 4 N–H and O–H groups in total. The molecule has 62 heavy (non-hydrogen) atoms. The van der Waals surface area contributed by atoms with Crippen molar-refractivity contribution in [3.8, 4) is 0 Å². The Kier molecular flexibility index (Phi) is 40.8. The lowest BCUT2D eigenvalue weighted by atomic mass is 9.99. The van der Waals surface area contributed by atoms with Gasteiger partial charge in [-0.2, -0.15) is 0 Å². The predicted molar refractivity (Wildman–Crippen MR) is 256 cm³/mol. The first-order valence-corrected chi connectivity index (χ1v) is 25.0. The smallest absolute Gasteiger partial charge is 0.306 e. The number of aliphatic hydroxyl groups excluding tert-OH is 4. The first kappa shape index (κ1) is 57.6. The van der Waals surface area contributed by atoms with Crippen molar-refractivity contribution in [1.29, 1.82) is 0 Å². The molecular formula is C53H92O9. The summed E-state index contributed by atoms with van der Waals surface area (Å²) in [5.41, 5.74) is 0. The molecule has 1 aliphatic rings. The lowest BCUT2D eigenvalue weighted by Gasteiger charge is -2.39. The van der Waals surface area contributed by atoms with Crippen molar-refractivity contribution in [2.75, 3.05) is 26.4 Å². The lowest BCUT2D eigenvalue weighted by Crippen LogP contribution is -2.59. The lowest BCUT2D eigenvalue weighted by molar-refractivity contribution is -0.305. The third kappa shape index (κ3) is 34.1. The molecule has 1 heterocycles. The minimum Gasteiger partial charge on any atom is -0.457 e. The van der Waals surface area contributed by atoms with Crippen LogP contribution in [0.2, 0.25) is 0 Å². The fourth-order valence-corrected chi connectivity index (χ4v) is 7.22. The Morgan fingerprint density at radius 1 is 0.532 bits per heavy atom. The summed E-state index contributed by atoms with van der Waals surface area (Å²) in [6.45, 7) is 4.34. The summed E-state index contributed by atoms with van der Waals surface area (Å²) in [6, 6.07) is 0. The molecule has 1 rings (SSSR count). The molecule has 9 heteroatoms. The summed E-state index contributed by atoms with van der Waals surface area (Å²) in [7, 11) is 0. The SMILES string of the molecule is CC/C=C\C/C=C\C/C=C\C/C=C\C/C=C\CCCCOCC(COC1OC(CO)C(O)C(O)C1O)OC(=O)CCCCCCCCCCC/C=C\CCCCCCCCCC. The average Bonchev–Trinajstić information content (AvgIpc) is 3.27. The molecule has 0 aromatic carbocycles. The first-order chi connectivity index (χ1) is 30.4. The molecule has 0 saturated carbocycles. The fraction of sp³-hybridized carbons (Fsp3) is 0.755. The number of hydrogen-bond acceptors (Lipinski definition) is 9. The maximum Gasteiger partial charge on any atom is 0.306 e. The number of carbonyl (C=O) groups excluding carboxylic acids is 1. The summed E-state index contributed by atoms with van der Waals surface area (Å²) >= 11 is 0. The van der Waals surface area contributed by atoms with Gasteiger partial charge in [-0.05, 0) is 83.5 Å². The number of allylic oxidation sites excluding steroid dienone is 12. The maximum absolute atomic E-state index is 12.8. The molecule has 0 spiro atoms. The van der Waals surface area contributed by atoms with Gasteiger partial charge in [-0.15, -0.1) is 0 Å². The normalized spacial score (nSPS) is 20.4. The van der Waals surface area contributed by atoms with Gasteiger partial charge in [0.1, 0.15) is 30.5 Å². The van der Waals surface area contributed by atoms with Crippen molar-refractivity contribution >= 4 is 5.97 Å². The zero-order chi connectivity index (χ0) is 45.0. The summed E-state index contributed by atoms with van der Waals surface area (Å²) in [5.74, 6) is -0.332. The van der Waals surface area contributed by atoms with Crippen LogP contribution in [0.1, 0.15) is 194 Å². The molecule has 0 radical (unpaired) electrons. The summed E-state index contributed by atoms with van der Waals surface area (Å²) in [4.78, 5) is 12.8. The molecule has 0 aliphatic carbocycles. The van der Waals surface area contributed by atoms with Crippen LogP contribution in [0, 0.1) is 0 Å². The van der Waals surface area contributed by atoms with E-state index in [2.05, 4.69) is 86.8 Å². The van der Waals surface area contributed by atoms with Gasteiger partial charge in [0.15, 0.2) is 6.29 Å². The largest absolute Gasteiger partial charge is 0.457 e. The third-order valence-corrected chi connectivity index (χ3v) is 11.1. The minimum absolute atomic E-state index is 0.112. The Labute approximate surface area is 378 Å². The van der Waals surface area contributed by atoms with Crippen molar-refractivity contribution in [1.82, 2.24) is 0 Å². The maximum atomic E-state index is 12.8. The highest BCUT2D eigenvalue weighted by molar-refractivity contribution is 5.69.